The fraction of sp³-hybridized carbons (Fsp3) is 0.556. The van der Waals surface area contributed by atoms with Crippen LogP contribution < -0.4 is 16.4 Å². The number of likely N-dealkylation sites (tertiary alicyclic amines) is 1. The number of hydrogen-bond donors (Lipinski definition) is 3. The van der Waals surface area contributed by atoms with Crippen molar-refractivity contribution in [1.29, 1.82) is 0 Å². The third-order valence-electron chi connectivity index (χ3n) is 7.67. The molecule has 2 heterocycles. The first-order chi connectivity index (χ1) is 18.2. The number of benzene rings is 1. The lowest BCUT2D eigenvalue weighted by atomic mass is 9.85. The highest BCUT2D eigenvalue weighted by Crippen LogP contribution is 2.43. The quantitative estimate of drug-likeness (QED) is 0.486. The number of alkyl halides is 2. The minimum Gasteiger partial charge on any atom is -0.368 e. The molecule has 0 spiro atoms. The number of aromatic nitrogens is 2. The van der Waals surface area contributed by atoms with Crippen molar-refractivity contribution in [3.8, 4) is 0 Å². The molecule has 4 rings (SSSR count). The zero-order valence-corrected chi connectivity index (χ0v) is 22.4. The second-order valence-electron chi connectivity index (χ2n) is 11.6. The summed E-state index contributed by atoms with van der Waals surface area (Å²) in [5.41, 5.74) is 4.94. The minimum absolute atomic E-state index is 0.0259. The third kappa shape index (κ3) is 5.69. The van der Waals surface area contributed by atoms with Crippen molar-refractivity contribution in [2.75, 3.05) is 6.54 Å². The smallest absolute Gasteiger partial charge is 0.321 e. The van der Waals surface area contributed by atoms with Gasteiger partial charge in [0.25, 0.3) is 5.91 Å². The van der Waals surface area contributed by atoms with Crippen molar-refractivity contribution in [3.63, 3.8) is 0 Å². The molecule has 2 aliphatic rings. The number of nitrogens with two attached hydrogens (primary N) is 1. The van der Waals surface area contributed by atoms with Crippen LogP contribution in [0.1, 0.15) is 58.7 Å². The van der Waals surface area contributed by atoms with Gasteiger partial charge in [-0.05, 0) is 30.1 Å². The van der Waals surface area contributed by atoms with Gasteiger partial charge in [-0.2, -0.15) is 19.0 Å². The van der Waals surface area contributed by atoms with Crippen LogP contribution in [0.25, 0.3) is 10.8 Å². The fourth-order valence-corrected chi connectivity index (χ4v) is 5.71. The summed E-state index contributed by atoms with van der Waals surface area (Å²) in [5.74, 6) is -7.50. The van der Waals surface area contributed by atoms with Crippen molar-refractivity contribution in [2.45, 2.75) is 71.0 Å². The molecule has 210 valence electrons. The molecule has 1 saturated carbocycles. The SMILES string of the molecule is CC(F)(F)C(=O)NC(C(=O)N1C[C@@H]2CCC[C@@H]2[C@H]1C(=O)NC(C(N)=O)c1nncc2ccccc12)C(C)(C)C. The maximum atomic E-state index is 13.8. The van der Waals surface area contributed by atoms with Gasteiger partial charge in [0, 0.05) is 24.2 Å². The summed E-state index contributed by atoms with van der Waals surface area (Å²) in [7, 11) is 0. The van der Waals surface area contributed by atoms with Gasteiger partial charge in [-0.1, -0.05) is 51.5 Å². The van der Waals surface area contributed by atoms with Gasteiger partial charge < -0.3 is 21.3 Å². The van der Waals surface area contributed by atoms with E-state index in [1.165, 1.54) is 11.1 Å². The van der Waals surface area contributed by atoms with Crippen molar-refractivity contribution in [1.82, 2.24) is 25.7 Å². The Balaban J connectivity index is 1.66. The first-order valence-electron chi connectivity index (χ1n) is 13.0. The molecule has 1 saturated heterocycles. The normalized spacial score (nSPS) is 22.7. The van der Waals surface area contributed by atoms with Crippen LogP contribution >= 0.6 is 0 Å². The molecule has 2 unspecified atom stereocenters. The van der Waals surface area contributed by atoms with Crippen LogP contribution in [0, 0.1) is 17.3 Å². The molecule has 1 aliphatic carbocycles. The fourth-order valence-electron chi connectivity index (χ4n) is 5.71. The summed E-state index contributed by atoms with van der Waals surface area (Å²) in [4.78, 5) is 53.7. The average Bonchev–Trinajstić information content (AvgIpc) is 3.45. The number of hydrogen-bond acceptors (Lipinski definition) is 6. The zero-order valence-electron chi connectivity index (χ0n) is 22.4. The molecule has 1 aromatic carbocycles. The Labute approximate surface area is 225 Å². The molecule has 4 amide bonds. The second-order valence-corrected chi connectivity index (χ2v) is 11.6. The molecule has 4 N–H and O–H groups in total. The van der Waals surface area contributed by atoms with E-state index in [2.05, 4.69) is 20.8 Å². The lowest BCUT2D eigenvalue weighted by Crippen LogP contribution is -2.60. The Morgan fingerprint density at radius 3 is 2.41 bits per heavy atom. The predicted octanol–water partition coefficient (Wildman–Crippen LogP) is 2.09. The largest absolute Gasteiger partial charge is 0.368 e. The molecule has 2 fully saturated rings. The van der Waals surface area contributed by atoms with Crippen LogP contribution in [-0.4, -0.2) is 63.3 Å². The van der Waals surface area contributed by atoms with Crippen molar-refractivity contribution < 1.29 is 28.0 Å². The maximum Gasteiger partial charge on any atom is 0.321 e. The summed E-state index contributed by atoms with van der Waals surface area (Å²) in [5, 5.41) is 14.2. The topological polar surface area (TPSA) is 147 Å². The van der Waals surface area contributed by atoms with Gasteiger partial charge in [0.1, 0.15) is 17.8 Å². The number of nitrogens with zero attached hydrogens (tertiary/aromatic N) is 3. The monoisotopic (exact) mass is 544 g/mol. The van der Waals surface area contributed by atoms with E-state index in [1.807, 2.05) is 0 Å². The molecular weight excluding hydrogens is 510 g/mol. The Morgan fingerprint density at radius 1 is 1.08 bits per heavy atom. The van der Waals surface area contributed by atoms with Gasteiger partial charge in [-0.15, -0.1) is 0 Å². The molecule has 10 nitrogen and oxygen atoms in total. The van der Waals surface area contributed by atoms with Crippen molar-refractivity contribution >= 4 is 34.4 Å². The maximum absolute atomic E-state index is 13.8. The van der Waals surface area contributed by atoms with E-state index in [9.17, 15) is 28.0 Å². The van der Waals surface area contributed by atoms with Crippen LogP contribution in [0.5, 0.6) is 0 Å². The van der Waals surface area contributed by atoms with Crippen LogP contribution in [0.3, 0.4) is 0 Å². The summed E-state index contributed by atoms with van der Waals surface area (Å²) in [6, 6.07) is 3.49. The van der Waals surface area contributed by atoms with Gasteiger partial charge in [0.15, 0.2) is 6.04 Å². The van der Waals surface area contributed by atoms with Gasteiger partial charge in [-0.25, -0.2) is 0 Å². The number of amides is 4. The van der Waals surface area contributed by atoms with Crippen molar-refractivity contribution in [3.05, 3.63) is 36.2 Å². The number of rotatable bonds is 7. The summed E-state index contributed by atoms with van der Waals surface area (Å²) >= 11 is 0. The highest BCUT2D eigenvalue weighted by molar-refractivity contribution is 5.97. The Kier molecular flexibility index (Phi) is 7.59. The van der Waals surface area contributed by atoms with Crippen LogP contribution in [-0.2, 0) is 19.2 Å². The van der Waals surface area contributed by atoms with Crippen LogP contribution in [0.15, 0.2) is 30.5 Å². The Morgan fingerprint density at radius 2 is 1.77 bits per heavy atom. The van der Waals surface area contributed by atoms with Crippen LogP contribution in [0.2, 0.25) is 0 Å². The predicted molar refractivity (Wildman–Crippen MR) is 138 cm³/mol. The van der Waals surface area contributed by atoms with Crippen molar-refractivity contribution in [2.24, 2.45) is 23.0 Å². The van der Waals surface area contributed by atoms with E-state index in [0.717, 1.165) is 12.8 Å². The minimum atomic E-state index is -3.68. The standard InChI is InChI=1S/C27H34F2N6O4/c1-26(2,3)21(33-25(39)27(4,28)29)24(38)35-13-15-9-7-11-17(15)20(35)23(37)32-19(22(30)36)18-16-10-6-5-8-14(16)12-31-34-18/h5-6,8,10,12,15,17,19-21H,7,9,11,13H2,1-4H3,(H2,30,36)(H,32,37)(H,33,39)/t15-,17-,19?,20-,21?/m0/s1. The van der Waals surface area contributed by atoms with Gasteiger partial charge in [0.2, 0.25) is 17.7 Å². The molecule has 0 radical (unpaired) electrons. The molecule has 1 aromatic heterocycles. The lowest BCUT2D eigenvalue weighted by Gasteiger charge is -2.37. The molecule has 12 heteroatoms. The van der Waals surface area contributed by atoms with E-state index in [1.54, 1.807) is 45.0 Å². The zero-order chi connectivity index (χ0) is 28.7. The first kappa shape index (κ1) is 28.3. The van der Waals surface area contributed by atoms with E-state index in [-0.39, 0.29) is 24.1 Å². The Hall–Kier alpha value is -3.70. The lowest BCUT2D eigenvalue weighted by molar-refractivity contribution is -0.151. The molecule has 2 aromatic rings. The molecule has 5 atom stereocenters. The summed E-state index contributed by atoms with van der Waals surface area (Å²) < 4.78 is 27.5. The molecule has 39 heavy (non-hydrogen) atoms. The number of nitrogens with one attached hydrogen (secondary N) is 2. The third-order valence-corrected chi connectivity index (χ3v) is 7.67. The number of halogens is 2. The highest BCUT2D eigenvalue weighted by atomic mass is 19.3. The van der Waals surface area contributed by atoms with E-state index in [0.29, 0.717) is 24.1 Å². The van der Waals surface area contributed by atoms with E-state index in [4.69, 9.17) is 5.73 Å². The Bertz CT molecular complexity index is 1290. The molecule has 0 bridgehead atoms. The highest BCUT2D eigenvalue weighted by Gasteiger charge is 2.52. The number of primary amides is 1. The van der Waals surface area contributed by atoms with Gasteiger partial charge in [-0.3, -0.25) is 19.2 Å². The number of carbonyl (C=O) groups excluding carboxylic acids is 4. The summed E-state index contributed by atoms with van der Waals surface area (Å²) in [6.07, 6.45) is 3.88. The average molecular weight is 545 g/mol. The second kappa shape index (κ2) is 10.5. The van der Waals surface area contributed by atoms with E-state index >= 15 is 0 Å². The summed E-state index contributed by atoms with van der Waals surface area (Å²) in [6.45, 7) is 5.65. The first-order valence-corrected chi connectivity index (χ1v) is 13.0. The van der Waals surface area contributed by atoms with Gasteiger partial charge >= 0.3 is 5.92 Å². The molecular formula is C27H34F2N6O4. The number of fused-ring (bicyclic) bond motifs is 2. The van der Waals surface area contributed by atoms with E-state index < -0.39 is 53.1 Å². The molecule has 1 aliphatic heterocycles. The number of carbonyl (C=O) groups is 4. The van der Waals surface area contributed by atoms with Gasteiger partial charge in [0.05, 0.1) is 6.20 Å². The van der Waals surface area contributed by atoms with Crippen LogP contribution in [0.4, 0.5) is 8.78 Å².